The van der Waals surface area contributed by atoms with Crippen LogP contribution >= 0.6 is 0 Å². The number of ether oxygens (including phenoxy) is 1. The predicted molar refractivity (Wildman–Crippen MR) is 72.9 cm³/mol. The molecule has 1 aliphatic carbocycles. The molecule has 0 radical (unpaired) electrons. The van der Waals surface area contributed by atoms with Gasteiger partial charge in [-0.15, -0.1) is 0 Å². The second kappa shape index (κ2) is 5.14. The summed E-state index contributed by atoms with van der Waals surface area (Å²) < 4.78 is 5.79. The third-order valence-electron chi connectivity index (χ3n) is 5.30. The highest BCUT2D eigenvalue weighted by molar-refractivity contribution is 5.04. The van der Waals surface area contributed by atoms with E-state index in [0.29, 0.717) is 11.3 Å². The minimum Gasteiger partial charge on any atom is -0.381 e. The average molecular weight is 236 g/mol. The van der Waals surface area contributed by atoms with E-state index in [1.807, 2.05) is 0 Å². The second-order valence-corrected chi connectivity index (χ2v) is 6.61. The van der Waals surface area contributed by atoms with Crippen LogP contribution < -0.4 is 0 Å². The van der Waals surface area contributed by atoms with E-state index in [-0.39, 0.29) is 0 Å². The fourth-order valence-corrected chi connectivity index (χ4v) is 4.39. The lowest BCUT2D eigenvalue weighted by molar-refractivity contribution is -0.0392. The van der Waals surface area contributed by atoms with Gasteiger partial charge in [-0.2, -0.15) is 0 Å². The summed E-state index contributed by atoms with van der Waals surface area (Å²) >= 11 is 0. The first-order chi connectivity index (χ1) is 8.07. The van der Waals surface area contributed by atoms with Gasteiger partial charge in [0.05, 0.1) is 6.61 Å². The second-order valence-electron chi connectivity index (χ2n) is 6.61. The molecule has 0 aromatic rings. The zero-order valence-electron chi connectivity index (χ0n) is 11.9. The van der Waals surface area contributed by atoms with Gasteiger partial charge in [-0.05, 0) is 42.4 Å². The highest BCUT2D eigenvalue weighted by Crippen LogP contribution is 2.52. The maximum atomic E-state index is 5.79. The lowest BCUT2D eigenvalue weighted by atomic mass is 9.56. The quantitative estimate of drug-likeness (QED) is 0.650. The molecule has 0 saturated carbocycles. The monoisotopic (exact) mass is 236 g/mol. The molecule has 2 unspecified atom stereocenters. The lowest BCUT2D eigenvalue weighted by Gasteiger charge is -2.49. The minimum absolute atomic E-state index is 0.512. The van der Waals surface area contributed by atoms with E-state index in [9.17, 15) is 0 Å². The molecule has 1 aliphatic heterocycles. The Bertz CT molecular complexity index is 269. The molecular weight excluding hydrogens is 208 g/mol. The van der Waals surface area contributed by atoms with E-state index in [0.717, 1.165) is 31.0 Å². The molecule has 0 N–H and O–H groups in total. The van der Waals surface area contributed by atoms with Gasteiger partial charge in [0.15, 0.2) is 0 Å². The fraction of sp³-hybridized carbons (Fsp3) is 0.875. The normalized spacial score (nSPS) is 32.6. The Morgan fingerprint density at radius 2 is 1.88 bits per heavy atom. The third-order valence-corrected chi connectivity index (χ3v) is 5.30. The Kier molecular flexibility index (Phi) is 3.97. The summed E-state index contributed by atoms with van der Waals surface area (Å²) in [7, 11) is 0. The summed E-state index contributed by atoms with van der Waals surface area (Å²) in [4.78, 5) is 0. The number of rotatable bonds is 2. The molecule has 0 aromatic carbocycles. The van der Waals surface area contributed by atoms with Crippen LogP contribution in [0.3, 0.4) is 0 Å². The molecule has 17 heavy (non-hydrogen) atoms. The van der Waals surface area contributed by atoms with Crippen molar-refractivity contribution in [1.82, 2.24) is 0 Å². The van der Waals surface area contributed by atoms with Crippen molar-refractivity contribution in [3.63, 3.8) is 0 Å². The number of fused-ring (bicyclic) bond motifs is 3. The van der Waals surface area contributed by atoms with Crippen molar-refractivity contribution in [2.45, 2.75) is 47.0 Å². The van der Waals surface area contributed by atoms with E-state index in [4.69, 9.17) is 4.74 Å². The SMILES string of the molecule is CC(C)C1(C(C)C)CC2C=CCC1CCOC2. The van der Waals surface area contributed by atoms with Gasteiger partial charge in [0.1, 0.15) is 0 Å². The first kappa shape index (κ1) is 13.1. The summed E-state index contributed by atoms with van der Waals surface area (Å²) in [5.41, 5.74) is 0.512. The minimum atomic E-state index is 0.512. The van der Waals surface area contributed by atoms with Gasteiger partial charge in [0.2, 0.25) is 0 Å². The van der Waals surface area contributed by atoms with Crippen molar-refractivity contribution in [1.29, 1.82) is 0 Å². The topological polar surface area (TPSA) is 9.23 Å². The summed E-state index contributed by atoms with van der Waals surface area (Å²) in [5.74, 6) is 3.00. The van der Waals surface area contributed by atoms with Gasteiger partial charge < -0.3 is 4.74 Å². The summed E-state index contributed by atoms with van der Waals surface area (Å²) in [6.45, 7) is 11.6. The van der Waals surface area contributed by atoms with Gasteiger partial charge >= 0.3 is 0 Å². The Hall–Kier alpha value is -0.300. The molecule has 2 aliphatic rings. The van der Waals surface area contributed by atoms with Crippen LogP contribution in [0.25, 0.3) is 0 Å². The largest absolute Gasteiger partial charge is 0.381 e. The summed E-state index contributed by atoms with van der Waals surface area (Å²) in [5, 5.41) is 0. The molecule has 0 amide bonds. The van der Waals surface area contributed by atoms with Crippen LogP contribution in [0.4, 0.5) is 0 Å². The molecule has 1 saturated heterocycles. The van der Waals surface area contributed by atoms with Crippen molar-refractivity contribution >= 4 is 0 Å². The van der Waals surface area contributed by atoms with Crippen LogP contribution in [0.15, 0.2) is 12.2 Å². The van der Waals surface area contributed by atoms with Crippen molar-refractivity contribution in [3.05, 3.63) is 12.2 Å². The average Bonchev–Trinajstić information content (AvgIpc) is 2.32. The first-order valence-electron chi connectivity index (χ1n) is 7.31. The van der Waals surface area contributed by atoms with Gasteiger partial charge in [-0.3, -0.25) is 0 Å². The molecule has 1 heterocycles. The number of hydrogen-bond acceptors (Lipinski definition) is 1. The first-order valence-corrected chi connectivity index (χ1v) is 7.31. The van der Waals surface area contributed by atoms with Gasteiger partial charge in [-0.25, -0.2) is 0 Å². The molecular formula is C16H28O. The fourth-order valence-electron chi connectivity index (χ4n) is 4.39. The maximum absolute atomic E-state index is 5.79. The van der Waals surface area contributed by atoms with Crippen LogP contribution in [0.5, 0.6) is 0 Å². The number of hydrogen-bond donors (Lipinski definition) is 0. The van der Waals surface area contributed by atoms with Crippen molar-refractivity contribution < 1.29 is 4.74 Å². The molecule has 1 nitrogen and oxygen atoms in total. The molecule has 1 heteroatoms. The van der Waals surface area contributed by atoms with Crippen molar-refractivity contribution in [2.24, 2.45) is 29.1 Å². The van der Waals surface area contributed by atoms with E-state index in [1.54, 1.807) is 0 Å². The predicted octanol–water partition coefficient (Wildman–Crippen LogP) is 4.29. The Balaban J connectivity index is 2.36. The van der Waals surface area contributed by atoms with Crippen molar-refractivity contribution in [2.75, 3.05) is 13.2 Å². The van der Waals surface area contributed by atoms with E-state index in [2.05, 4.69) is 39.8 Å². The third kappa shape index (κ3) is 2.31. The molecule has 2 atom stereocenters. The zero-order chi connectivity index (χ0) is 12.5. The van der Waals surface area contributed by atoms with Crippen LogP contribution in [0.1, 0.15) is 47.0 Å². The molecule has 98 valence electrons. The molecule has 0 aromatic heterocycles. The van der Waals surface area contributed by atoms with Crippen LogP contribution in [0, 0.1) is 29.1 Å². The standard InChI is InChI=1S/C16H28O/c1-12(2)16(13(3)4)10-14-6-5-7-15(16)8-9-17-11-14/h5-6,12-15H,7-11H2,1-4H3. The zero-order valence-corrected chi connectivity index (χ0v) is 11.9. The molecule has 0 spiro atoms. The Morgan fingerprint density at radius 3 is 2.53 bits per heavy atom. The van der Waals surface area contributed by atoms with Crippen molar-refractivity contribution in [3.8, 4) is 0 Å². The summed E-state index contributed by atoms with van der Waals surface area (Å²) in [6.07, 6.45) is 8.68. The van der Waals surface area contributed by atoms with E-state index < -0.39 is 0 Å². The molecule has 2 rings (SSSR count). The summed E-state index contributed by atoms with van der Waals surface area (Å²) in [6, 6.07) is 0. The van der Waals surface area contributed by atoms with E-state index >= 15 is 0 Å². The highest BCUT2D eigenvalue weighted by Gasteiger charge is 2.46. The molecule has 2 bridgehead atoms. The Morgan fingerprint density at radius 1 is 1.18 bits per heavy atom. The smallest absolute Gasteiger partial charge is 0.0528 e. The van der Waals surface area contributed by atoms with Crippen LogP contribution in [-0.4, -0.2) is 13.2 Å². The molecule has 1 fully saturated rings. The van der Waals surface area contributed by atoms with Gasteiger partial charge in [-0.1, -0.05) is 39.8 Å². The lowest BCUT2D eigenvalue weighted by Crippen LogP contribution is -2.43. The van der Waals surface area contributed by atoms with Crippen LogP contribution in [0.2, 0.25) is 0 Å². The number of allylic oxidation sites excluding steroid dienone is 1. The highest BCUT2D eigenvalue weighted by atomic mass is 16.5. The van der Waals surface area contributed by atoms with E-state index in [1.165, 1.54) is 19.3 Å². The van der Waals surface area contributed by atoms with Crippen LogP contribution in [-0.2, 0) is 4.74 Å². The van der Waals surface area contributed by atoms with Gasteiger partial charge in [0.25, 0.3) is 0 Å². The Labute approximate surface area is 107 Å². The van der Waals surface area contributed by atoms with Gasteiger partial charge in [0, 0.05) is 12.5 Å². The maximum Gasteiger partial charge on any atom is 0.0528 e.